The number of hydrogen-bond acceptors (Lipinski definition) is 4. The van der Waals surface area contributed by atoms with E-state index >= 15 is 0 Å². The average molecular weight is 240 g/mol. The number of aromatic nitrogens is 1. The van der Waals surface area contributed by atoms with Crippen molar-refractivity contribution in [3.05, 3.63) is 17.0 Å². The molecule has 0 radical (unpaired) electrons. The minimum absolute atomic E-state index is 0.343. The molecule has 2 unspecified atom stereocenters. The molecule has 90 valence electrons. The van der Waals surface area contributed by atoms with Gasteiger partial charge in [0.1, 0.15) is 5.76 Å². The van der Waals surface area contributed by atoms with E-state index in [0.717, 1.165) is 11.5 Å². The molecule has 1 saturated heterocycles. The highest BCUT2D eigenvalue weighted by atomic mass is 32.2. The van der Waals surface area contributed by atoms with Gasteiger partial charge in [-0.3, -0.25) is 0 Å². The average Bonchev–Trinajstić information content (AvgIpc) is 2.60. The van der Waals surface area contributed by atoms with Crippen molar-refractivity contribution in [1.29, 1.82) is 0 Å². The molecule has 1 aliphatic rings. The minimum atomic E-state index is 0.343. The molecule has 0 aliphatic carbocycles. The molecule has 0 amide bonds. The van der Waals surface area contributed by atoms with E-state index in [1.54, 1.807) is 0 Å². The molecule has 0 spiro atoms. The Morgan fingerprint density at radius 3 is 2.88 bits per heavy atom. The van der Waals surface area contributed by atoms with Crippen LogP contribution in [0.5, 0.6) is 0 Å². The number of nitrogens with one attached hydrogen (secondary N) is 1. The zero-order chi connectivity index (χ0) is 11.5. The quantitative estimate of drug-likeness (QED) is 0.881. The van der Waals surface area contributed by atoms with E-state index < -0.39 is 0 Å². The fourth-order valence-electron chi connectivity index (χ4n) is 2.42. The second-order valence-electron chi connectivity index (χ2n) is 4.54. The number of hydrogen-bond donors (Lipinski definition) is 1. The lowest BCUT2D eigenvalue weighted by atomic mass is 10.0. The van der Waals surface area contributed by atoms with Gasteiger partial charge in [-0.15, -0.1) is 0 Å². The molecule has 2 atom stereocenters. The summed E-state index contributed by atoms with van der Waals surface area (Å²) in [4.78, 5) is 0. The number of rotatable bonds is 3. The fourth-order valence-corrected chi connectivity index (χ4v) is 3.50. The van der Waals surface area contributed by atoms with Gasteiger partial charge in [0.15, 0.2) is 0 Å². The van der Waals surface area contributed by atoms with Crippen LogP contribution in [0.1, 0.15) is 42.8 Å². The summed E-state index contributed by atoms with van der Waals surface area (Å²) in [6.07, 6.45) is 2.62. The third-order valence-electron chi connectivity index (χ3n) is 3.17. The lowest BCUT2D eigenvalue weighted by Crippen LogP contribution is -2.35. The van der Waals surface area contributed by atoms with Gasteiger partial charge in [0.2, 0.25) is 0 Å². The maximum Gasteiger partial charge on any atom is 0.138 e. The van der Waals surface area contributed by atoms with Crippen LogP contribution in [-0.4, -0.2) is 22.7 Å². The molecule has 3 nitrogen and oxygen atoms in total. The largest absolute Gasteiger partial charge is 0.361 e. The molecule has 1 fully saturated rings. The number of thioether (sulfide) groups is 1. The molecule has 4 heteroatoms. The van der Waals surface area contributed by atoms with Crippen LogP contribution in [0, 0.1) is 13.8 Å². The maximum absolute atomic E-state index is 5.21. The fraction of sp³-hybridized carbons (Fsp3) is 0.750. The molecule has 16 heavy (non-hydrogen) atoms. The lowest BCUT2D eigenvalue weighted by molar-refractivity contribution is 0.388. The highest BCUT2D eigenvalue weighted by molar-refractivity contribution is 7.99. The first kappa shape index (κ1) is 12.0. The molecule has 1 aromatic heterocycles. The lowest BCUT2D eigenvalue weighted by Gasteiger charge is -2.26. The Kier molecular flexibility index (Phi) is 3.92. The van der Waals surface area contributed by atoms with E-state index in [1.807, 2.05) is 25.6 Å². The molecular weight excluding hydrogens is 220 g/mol. The zero-order valence-electron chi connectivity index (χ0n) is 10.2. The summed E-state index contributed by atoms with van der Waals surface area (Å²) in [7, 11) is 0. The summed E-state index contributed by atoms with van der Waals surface area (Å²) in [6.45, 7) is 6.20. The standard InChI is InChI=1S/C12H20N2OS/c1-8(12-9(2)14-15-10(12)3)13-11-5-4-6-16-7-11/h8,11,13H,4-7H2,1-3H3. The Hall–Kier alpha value is -0.480. The van der Waals surface area contributed by atoms with Gasteiger partial charge in [0, 0.05) is 23.4 Å². The highest BCUT2D eigenvalue weighted by Crippen LogP contribution is 2.24. The van der Waals surface area contributed by atoms with Crippen molar-refractivity contribution >= 4 is 11.8 Å². The van der Waals surface area contributed by atoms with E-state index in [1.165, 1.54) is 29.9 Å². The Labute approximate surface area is 101 Å². The van der Waals surface area contributed by atoms with Crippen LogP contribution < -0.4 is 5.32 Å². The summed E-state index contributed by atoms with van der Waals surface area (Å²) in [5.74, 6) is 3.49. The Balaban J connectivity index is 1.99. The summed E-state index contributed by atoms with van der Waals surface area (Å²) in [5.41, 5.74) is 2.25. The van der Waals surface area contributed by atoms with Gasteiger partial charge in [-0.25, -0.2) is 0 Å². The third-order valence-corrected chi connectivity index (χ3v) is 4.38. The summed E-state index contributed by atoms with van der Waals surface area (Å²) in [5, 5.41) is 7.69. The SMILES string of the molecule is Cc1noc(C)c1C(C)NC1CCCSC1. The van der Waals surface area contributed by atoms with E-state index in [2.05, 4.69) is 17.4 Å². The molecule has 0 bridgehead atoms. The molecule has 1 aliphatic heterocycles. The van der Waals surface area contributed by atoms with Crippen molar-refractivity contribution < 1.29 is 4.52 Å². The first-order valence-electron chi connectivity index (χ1n) is 5.95. The van der Waals surface area contributed by atoms with Gasteiger partial charge in [-0.1, -0.05) is 5.16 Å². The van der Waals surface area contributed by atoms with E-state index in [-0.39, 0.29) is 0 Å². The van der Waals surface area contributed by atoms with E-state index in [9.17, 15) is 0 Å². The number of aryl methyl sites for hydroxylation is 2. The molecule has 1 aromatic rings. The van der Waals surface area contributed by atoms with Gasteiger partial charge in [0.25, 0.3) is 0 Å². The van der Waals surface area contributed by atoms with E-state index in [4.69, 9.17) is 4.52 Å². The van der Waals surface area contributed by atoms with Gasteiger partial charge in [0.05, 0.1) is 5.69 Å². The van der Waals surface area contributed by atoms with Crippen LogP contribution in [0.3, 0.4) is 0 Å². The van der Waals surface area contributed by atoms with Crippen molar-refractivity contribution in [3.63, 3.8) is 0 Å². The Morgan fingerprint density at radius 2 is 2.31 bits per heavy atom. The second kappa shape index (κ2) is 5.23. The second-order valence-corrected chi connectivity index (χ2v) is 5.69. The van der Waals surface area contributed by atoms with Crippen molar-refractivity contribution in [2.75, 3.05) is 11.5 Å². The van der Waals surface area contributed by atoms with Crippen LogP contribution >= 0.6 is 11.8 Å². The Bertz CT molecular complexity index is 325. The van der Waals surface area contributed by atoms with Gasteiger partial charge in [-0.2, -0.15) is 11.8 Å². The predicted octanol–water partition coefficient (Wildman–Crippen LogP) is 2.84. The monoisotopic (exact) mass is 240 g/mol. The zero-order valence-corrected chi connectivity index (χ0v) is 11.1. The van der Waals surface area contributed by atoms with Gasteiger partial charge in [-0.05, 0) is 39.4 Å². The van der Waals surface area contributed by atoms with E-state index in [0.29, 0.717) is 12.1 Å². The smallest absolute Gasteiger partial charge is 0.138 e. The molecule has 0 aromatic carbocycles. The van der Waals surface area contributed by atoms with Crippen LogP contribution in [-0.2, 0) is 0 Å². The van der Waals surface area contributed by atoms with Gasteiger partial charge < -0.3 is 9.84 Å². The minimum Gasteiger partial charge on any atom is -0.361 e. The van der Waals surface area contributed by atoms with Crippen LogP contribution in [0.2, 0.25) is 0 Å². The molecule has 2 rings (SSSR count). The number of nitrogens with zero attached hydrogens (tertiary/aromatic N) is 1. The molecule has 2 heterocycles. The van der Waals surface area contributed by atoms with Crippen molar-refractivity contribution in [2.45, 2.75) is 45.7 Å². The summed E-state index contributed by atoms with van der Waals surface area (Å²) < 4.78 is 5.21. The molecular formula is C12H20N2OS. The first-order valence-corrected chi connectivity index (χ1v) is 7.10. The van der Waals surface area contributed by atoms with Gasteiger partial charge >= 0.3 is 0 Å². The predicted molar refractivity (Wildman–Crippen MR) is 67.9 cm³/mol. The van der Waals surface area contributed by atoms with Crippen molar-refractivity contribution in [3.8, 4) is 0 Å². The Morgan fingerprint density at radius 1 is 1.50 bits per heavy atom. The topological polar surface area (TPSA) is 38.1 Å². The highest BCUT2D eigenvalue weighted by Gasteiger charge is 2.20. The summed E-state index contributed by atoms with van der Waals surface area (Å²) in [6, 6.07) is 0.984. The normalized spacial score (nSPS) is 23.3. The first-order chi connectivity index (χ1) is 7.68. The molecule has 1 N–H and O–H groups in total. The van der Waals surface area contributed by atoms with Crippen LogP contribution in [0.25, 0.3) is 0 Å². The van der Waals surface area contributed by atoms with Crippen LogP contribution in [0.4, 0.5) is 0 Å². The third kappa shape index (κ3) is 2.61. The van der Waals surface area contributed by atoms with Crippen molar-refractivity contribution in [2.24, 2.45) is 0 Å². The maximum atomic E-state index is 5.21. The van der Waals surface area contributed by atoms with Crippen molar-refractivity contribution in [1.82, 2.24) is 10.5 Å². The van der Waals surface area contributed by atoms with Crippen LogP contribution in [0.15, 0.2) is 4.52 Å². The molecule has 0 saturated carbocycles. The summed E-state index contributed by atoms with van der Waals surface area (Å²) >= 11 is 2.05.